The molecule has 1 fully saturated rings. The molecular weight excluding hydrogens is 428 g/mol. The minimum absolute atomic E-state index is 0.0172. The van der Waals surface area contributed by atoms with Crippen molar-refractivity contribution in [1.29, 1.82) is 0 Å². The van der Waals surface area contributed by atoms with Crippen molar-refractivity contribution in [2.75, 3.05) is 6.54 Å². The fourth-order valence-electron chi connectivity index (χ4n) is 5.26. The van der Waals surface area contributed by atoms with Crippen LogP contribution in [-0.2, 0) is 25.5 Å². The van der Waals surface area contributed by atoms with Crippen molar-refractivity contribution < 1.29 is 19.1 Å². The summed E-state index contributed by atoms with van der Waals surface area (Å²) in [5.74, 6) is -0.194. The monoisotopic (exact) mass is 472 g/mol. The number of likely N-dealkylation sites (tertiary alicyclic amines) is 1. The molecule has 1 N–H and O–H groups in total. The van der Waals surface area contributed by atoms with Crippen LogP contribution in [0, 0.1) is 11.8 Å². The molecule has 5 atom stereocenters. The summed E-state index contributed by atoms with van der Waals surface area (Å²) in [4.78, 5) is 40.3. The lowest BCUT2D eigenvalue weighted by Gasteiger charge is -2.41. The van der Waals surface area contributed by atoms with Crippen LogP contribution >= 0.6 is 0 Å². The standard InChI is InChI=1S/C28H44N2O4/c1-8-13-23(19(3)29-20(4)31)24(16-21-14-11-10-12-15-21)30-18-22(26(32)9-2)17-25(30)27(33)34-28(5,6)7/h10-12,14-15,19,22-25H,8-9,13,16-18H2,1-7H3,(H,29,31). The second-order valence-corrected chi connectivity index (χ2v) is 10.7. The van der Waals surface area contributed by atoms with Crippen LogP contribution in [0.15, 0.2) is 30.3 Å². The van der Waals surface area contributed by atoms with Gasteiger partial charge in [0.05, 0.1) is 0 Å². The molecule has 0 radical (unpaired) electrons. The molecule has 1 amide bonds. The summed E-state index contributed by atoms with van der Waals surface area (Å²) in [5, 5.41) is 3.10. The zero-order chi connectivity index (χ0) is 25.5. The molecular formula is C28H44N2O4. The van der Waals surface area contributed by atoms with Crippen LogP contribution in [0.3, 0.4) is 0 Å². The largest absolute Gasteiger partial charge is 0.459 e. The molecule has 0 spiro atoms. The number of esters is 1. The van der Waals surface area contributed by atoms with Crippen molar-refractivity contribution in [1.82, 2.24) is 10.2 Å². The maximum atomic E-state index is 13.4. The summed E-state index contributed by atoms with van der Waals surface area (Å²) in [6.45, 7) is 13.8. The number of rotatable bonds is 11. The van der Waals surface area contributed by atoms with Gasteiger partial charge in [0.15, 0.2) is 0 Å². The summed E-state index contributed by atoms with van der Waals surface area (Å²) in [5.41, 5.74) is 0.577. The lowest BCUT2D eigenvalue weighted by molar-refractivity contribution is -0.161. The zero-order valence-corrected chi connectivity index (χ0v) is 22.1. The van der Waals surface area contributed by atoms with E-state index in [1.807, 2.05) is 52.8 Å². The molecule has 1 aliphatic rings. The summed E-state index contributed by atoms with van der Waals surface area (Å²) in [6, 6.07) is 9.70. The maximum absolute atomic E-state index is 13.4. The number of hydrogen-bond donors (Lipinski definition) is 1. The number of Topliss-reactive ketones (excluding diaryl/α,β-unsaturated/α-hetero) is 1. The molecule has 6 heteroatoms. The van der Waals surface area contributed by atoms with Crippen molar-refractivity contribution in [3.8, 4) is 0 Å². The summed E-state index contributed by atoms with van der Waals surface area (Å²) in [6.07, 6.45) is 3.55. The minimum Gasteiger partial charge on any atom is -0.459 e. The Labute approximate surface area is 205 Å². The second-order valence-electron chi connectivity index (χ2n) is 10.7. The van der Waals surface area contributed by atoms with Gasteiger partial charge in [-0.3, -0.25) is 19.3 Å². The number of amides is 1. The number of benzene rings is 1. The number of carbonyl (C=O) groups is 3. The van der Waals surface area contributed by atoms with E-state index in [4.69, 9.17) is 4.74 Å². The first-order valence-electron chi connectivity index (χ1n) is 12.8. The second kappa shape index (κ2) is 12.5. The molecule has 6 nitrogen and oxygen atoms in total. The van der Waals surface area contributed by atoms with E-state index in [1.165, 1.54) is 5.56 Å². The van der Waals surface area contributed by atoms with E-state index in [1.54, 1.807) is 6.92 Å². The number of ketones is 1. The highest BCUT2D eigenvalue weighted by Crippen LogP contribution is 2.35. The van der Waals surface area contributed by atoms with Crippen LogP contribution < -0.4 is 5.32 Å². The lowest BCUT2D eigenvalue weighted by Crippen LogP contribution is -2.54. The number of ether oxygens (including phenoxy) is 1. The third-order valence-electron chi connectivity index (χ3n) is 6.73. The van der Waals surface area contributed by atoms with E-state index in [2.05, 4.69) is 29.3 Å². The van der Waals surface area contributed by atoms with Gasteiger partial charge in [0.2, 0.25) is 5.91 Å². The molecule has 0 aromatic heterocycles. The van der Waals surface area contributed by atoms with Gasteiger partial charge in [-0.1, -0.05) is 50.6 Å². The predicted octanol–water partition coefficient (Wildman–Crippen LogP) is 4.55. The van der Waals surface area contributed by atoms with Crippen LogP contribution in [0.1, 0.15) is 79.7 Å². The van der Waals surface area contributed by atoms with Gasteiger partial charge in [0.1, 0.15) is 17.4 Å². The third-order valence-corrected chi connectivity index (χ3v) is 6.73. The molecule has 0 bridgehead atoms. The van der Waals surface area contributed by atoms with Gasteiger partial charge in [0.25, 0.3) is 0 Å². The lowest BCUT2D eigenvalue weighted by atomic mass is 9.83. The molecule has 1 aromatic rings. The Hall–Kier alpha value is -2.21. The Kier molecular flexibility index (Phi) is 10.3. The third kappa shape index (κ3) is 7.93. The average molecular weight is 473 g/mol. The molecule has 1 saturated heterocycles. The topological polar surface area (TPSA) is 75.7 Å². The summed E-state index contributed by atoms with van der Waals surface area (Å²) < 4.78 is 5.82. The van der Waals surface area contributed by atoms with E-state index >= 15 is 0 Å². The van der Waals surface area contributed by atoms with Crippen LogP contribution in [0.25, 0.3) is 0 Å². The number of nitrogens with one attached hydrogen (secondary N) is 1. The van der Waals surface area contributed by atoms with Gasteiger partial charge in [-0.05, 0) is 58.4 Å². The van der Waals surface area contributed by atoms with E-state index in [9.17, 15) is 14.4 Å². The first-order valence-corrected chi connectivity index (χ1v) is 12.8. The van der Waals surface area contributed by atoms with Crippen LogP contribution in [0.2, 0.25) is 0 Å². The Balaban J connectivity index is 2.50. The number of hydrogen-bond acceptors (Lipinski definition) is 5. The molecule has 0 saturated carbocycles. The normalized spacial score (nSPS) is 21.5. The first kappa shape index (κ1) is 28.0. The smallest absolute Gasteiger partial charge is 0.323 e. The Morgan fingerprint density at radius 2 is 1.79 bits per heavy atom. The predicted molar refractivity (Wildman–Crippen MR) is 135 cm³/mol. The van der Waals surface area contributed by atoms with Gasteiger partial charge in [-0.2, -0.15) is 0 Å². The van der Waals surface area contributed by atoms with Crippen LogP contribution in [0.4, 0.5) is 0 Å². The molecule has 0 aliphatic carbocycles. The number of carbonyl (C=O) groups excluding carboxylic acids is 3. The fraction of sp³-hybridized carbons (Fsp3) is 0.679. The highest BCUT2D eigenvalue weighted by molar-refractivity contribution is 5.84. The molecule has 1 heterocycles. The van der Waals surface area contributed by atoms with E-state index < -0.39 is 11.6 Å². The molecule has 1 aromatic carbocycles. The Morgan fingerprint density at radius 3 is 2.32 bits per heavy atom. The highest BCUT2D eigenvalue weighted by atomic mass is 16.6. The van der Waals surface area contributed by atoms with Crippen molar-refractivity contribution in [2.24, 2.45) is 11.8 Å². The van der Waals surface area contributed by atoms with E-state index in [0.717, 1.165) is 19.3 Å². The van der Waals surface area contributed by atoms with Gasteiger partial charge >= 0.3 is 5.97 Å². The minimum atomic E-state index is -0.600. The quantitative estimate of drug-likeness (QED) is 0.478. The first-order chi connectivity index (χ1) is 16.0. The number of nitrogens with zero attached hydrogens (tertiary/aromatic N) is 1. The maximum Gasteiger partial charge on any atom is 0.323 e. The Bertz CT molecular complexity index is 817. The van der Waals surface area contributed by atoms with Crippen molar-refractivity contribution >= 4 is 17.7 Å². The molecule has 5 unspecified atom stereocenters. The Morgan fingerprint density at radius 1 is 1.15 bits per heavy atom. The molecule has 190 valence electrons. The van der Waals surface area contributed by atoms with Gasteiger partial charge in [-0.15, -0.1) is 0 Å². The van der Waals surface area contributed by atoms with Crippen molar-refractivity contribution in [3.63, 3.8) is 0 Å². The van der Waals surface area contributed by atoms with Gasteiger partial charge < -0.3 is 10.1 Å². The summed E-state index contributed by atoms with van der Waals surface area (Å²) >= 11 is 0. The van der Waals surface area contributed by atoms with E-state index in [-0.39, 0.29) is 41.6 Å². The van der Waals surface area contributed by atoms with Crippen LogP contribution in [-0.4, -0.2) is 52.8 Å². The SMILES string of the molecule is CCCC(C(C)NC(C)=O)C(Cc1ccccc1)N1CC(C(=O)CC)CC1C(=O)OC(C)(C)C. The zero-order valence-electron chi connectivity index (χ0n) is 22.1. The van der Waals surface area contributed by atoms with Crippen molar-refractivity contribution in [3.05, 3.63) is 35.9 Å². The molecule has 2 rings (SSSR count). The molecule has 34 heavy (non-hydrogen) atoms. The van der Waals surface area contributed by atoms with Gasteiger partial charge in [-0.25, -0.2) is 0 Å². The van der Waals surface area contributed by atoms with Crippen molar-refractivity contribution in [2.45, 2.75) is 104 Å². The average Bonchev–Trinajstić information content (AvgIpc) is 3.20. The summed E-state index contributed by atoms with van der Waals surface area (Å²) in [7, 11) is 0. The van der Waals surface area contributed by atoms with Crippen LogP contribution in [0.5, 0.6) is 0 Å². The highest BCUT2D eigenvalue weighted by Gasteiger charge is 2.46. The van der Waals surface area contributed by atoms with Gasteiger partial charge in [0, 0.05) is 37.9 Å². The molecule has 1 aliphatic heterocycles. The van der Waals surface area contributed by atoms with E-state index in [0.29, 0.717) is 19.4 Å². The fourth-order valence-corrected chi connectivity index (χ4v) is 5.26.